The molecule has 32 heavy (non-hydrogen) atoms. The number of likely N-dealkylation sites (tertiary alicyclic amines) is 1. The van der Waals surface area contributed by atoms with E-state index in [9.17, 15) is 26.3 Å². The normalized spacial score (nSPS) is 21.4. The molecule has 0 spiro atoms. The van der Waals surface area contributed by atoms with Crippen LogP contribution in [0, 0.1) is 5.92 Å². The van der Waals surface area contributed by atoms with Crippen LogP contribution in [0.4, 0.5) is 26.3 Å². The zero-order valence-electron chi connectivity index (χ0n) is 17.5. The topological polar surface area (TPSA) is 12.5 Å². The van der Waals surface area contributed by atoms with E-state index in [0.717, 1.165) is 63.0 Å². The van der Waals surface area contributed by atoms with Gasteiger partial charge in [-0.25, -0.2) is 0 Å². The minimum atomic E-state index is -4.37. The fourth-order valence-corrected chi connectivity index (χ4v) is 4.73. The molecule has 2 aromatic rings. The Bertz CT molecular complexity index is 900. The molecule has 174 valence electrons. The second-order valence-electron chi connectivity index (χ2n) is 8.93. The minimum Gasteiger partial charge on any atom is -0.493 e. The molecule has 4 rings (SSSR count). The molecule has 2 nitrogen and oxygen atoms in total. The van der Waals surface area contributed by atoms with Crippen LogP contribution in [-0.4, -0.2) is 31.1 Å². The lowest BCUT2D eigenvalue weighted by molar-refractivity contribution is -0.138. The second-order valence-corrected chi connectivity index (χ2v) is 8.93. The highest BCUT2D eigenvalue weighted by atomic mass is 19.4. The van der Waals surface area contributed by atoms with Crippen molar-refractivity contribution in [3.8, 4) is 5.75 Å². The van der Waals surface area contributed by atoms with Crippen molar-refractivity contribution in [2.75, 3.05) is 26.2 Å². The molecule has 1 aliphatic heterocycles. The summed E-state index contributed by atoms with van der Waals surface area (Å²) in [6.45, 7) is 2.91. The van der Waals surface area contributed by atoms with Crippen molar-refractivity contribution < 1.29 is 31.1 Å². The van der Waals surface area contributed by atoms with E-state index in [-0.39, 0.29) is 11.3 Å². The first-order chi connectivity index (χ1) is 15.1. The molecule has 2 aliphatic rings. The molecule has 1 saturated carbocycles. The minimum absolute atomic E-state index is 0.104. The van der Waals surface area contributed by atoms with E-state index >= 15 is 0 Å². The highest BCUT2D eigenvalue weighted by Gasteiger charge is 2.42. The van der Waals surface area contributed by atoms with Crippen molar-refractivity contribution in [3.63, 3.8) is 0 Å². The lowest BCUT2D eigenvalue weighted by Crippen LogP contribution is -2.45. The molecule has 0 aromatic heterocycles. The Morgan fingerprint density at radius 3 is 1.91 bits per heavy atom. The number of ether oxygens (including phenoxy) is 1. The Balaban J connectivity index is 1.31. The number of halogens is 6. The van der Waals surface area contributed by atoms with E-state index in [2.05, 4.69) is 4.90 Å². The third-order valence-corrected chi connectivity index (χ3v) is 6.70. The van der Waals surface area contributed by atoms with Crippen LogP contribution in [0.5, 0.6) is 5.75 Å². The highest BCUT2D eigenvalue weighted by molar-refractivity contribution is 5.33. The van der Waals surface area contributed by atoms with Gasteiger partial charge in [-0.2, -0.15) is 26.3 Å². The Morgan fingerprint density at radius 1 is 0.844 bits per heavy atom. The molecule has 0 radical (unpaired) electrons. The molecular weight excluding hydrogens is 432 g/mol. The summed E-state index contributed by atoms with van der Waals surface area (Å²) in [7, 11) is 0. The van der Waals surface area contributed by atoms with Gasteiger partial charge in [0, 0.05) is 24.4 Å². The van der Waals surface area contributed by atoms with Gasteiger partial charge in [-0.1, -0.05) is 18.6 Å². The van der Waals surface area contributed by atoms with E-state index in [1.807, 2.05) is 0 Å². The van der Waals surface area contributed by atoms with Crippen LogP contribution in [0.15, 0.2) is 48.5 Å². The summed E-state index contributed by atoms with van der Waals surface area (Å²) < 4.78 is 82.3. The molecule has 0 amide bonds. The lowest BCUT2D eigenvalue weighted by atomic mass is 9.64. The van der Waals surface area contributed by atoms with Gasteiger partial charge in [-0.15, -0.1) is 0 Å². The zero-order valence-corrected chi connectivity index (χ0v) is 17.5. The monoisotopic (exact) mass is 457 g/mol. The van der Waals surface area contributed by atoms with Crippen LogP contribution in [0.2, 0.25) is 0 Å². The predicted octanol–water partition coefficient (Wildman–Crippen LogP) is 6.55. The van der Waals surface area contributed by atoms with Crippen LogP contribution < -0.4 is 4.74 Å². The van der Waals surface area contributed by atoms with Gasteiger partial charge in [-0.3, -0.25) is 0 Å². The maximum Gasteiger partial charge on any atom is 0.416 e. The zero-order chi connectivity index (χ0) is 23.0. The Labute approximate surface area is 183 Å². The smallest absolute Gasteiger partial charge is 0.416 e. The average Bonchev–Trinajstić information content (AvgIpc) is 3.16. The van der Waals surface area contributed by atoms with Gasteiger partial charge < -0.3 is 9.64 Å². The van der Waals surface area contributed by atoms with Gasteiger partial charge in [0.2, 0.25) is 0 Å². The Morgan fingerprint density at radius 2 is 1.41 bits per heavy atom. The van der Waals surface area contributed by atoms with Crippen molar-refractivity contribution in [2.45, 2.75) is 43.5 Å². The first-order valence-electron chi connectivity index (χ1n) is 10.8. The number of alkyl halides is 6. The summed E-state index contributed by atoms with van der Waals surface area (Å²) in [5, 5.41) is 0. The van der Waals surface area contributed by atoms with Gasteiger partial charge >= 0.3 is 12.4 Å². The molecule has 2 fully saturated rings. The molecule has 8 heteroatoms. The van der Waals surface area contributed by atoms with Crippen LogP contribution in [0.1, 0.15) is 42.4 Å². The van der Waals surface area contributed by atoms with Gasteiger partial charge in [0.05, 0.1) is 17.7 Å². The van der Waals surface area contributed by atoms with Gasteiger partial charge in [-0.05, 0) is 67.8 Å². The van der Waals surface area contributed by atoms with Gasteiger partial charge in [0.25, 0.3) is 0 Å². The standard InChI is InChI=1S/C24H25F6NO/c25-23(26,27)19-4-2-18(3-5-19)22(11-1-12-22)16-31-13-10-17(14-31)15-32-21-8-6-20(7-9-21)24(28,29)30/h2-9,17H,1,10-16H2/t17-/m0/s1. The van der Waals surface area contributed by atoms with Crippen LogP contribution in [0.25, 0.3) is 0 Å². The molecule has 0 unspecified atom stereocenters. The predicted molar refractivity (Wildman–Crippen MR) is 108 cm³/mol. The molecule has 0 N–H and O–H groups in total. The first-order valence-corrected chi connectivity index (χ1v) is 10.8. The van der Waals surface area contributed by atoms with Crippen molar-refractivity contribution >= 4 is 0 Å². The summed E-state index contributed by atoms with van der Waals surface area (Å²) >= 11 is 0. The maximum absolute atomic E-state index is 12.9. The van der Waals surface area contributed by atoms with E-state index in [4.69, 9.17) is 4.74 Å². The second kappa shape index (κ2) is 8.61. The number of benzene rings is 2. The Hall–Kier alpha value is -2.22. The largest absolute Gasteiger partial charge is 0.493 e. The van der Waals surface area contributed by atoms with Crippen LogP contribution in [0.3, 0.4) is 0 Å². The number of nitrogens with zero attached hydrogens (tertiary/aromatic N) is 1. The molecule has 2 aromatic carbocycles. The van der Waals surface area contributed by atoms with Crippen molar-refractivity contribution in [1.29, 1.82) is 0 Å². The summed E-state index contributed by atoms with van der Waals surface area (Å²) in [6.07, 6.45) is -4.79. The van der Waals surface area contributed by atoms with E-state index in [0.29, 0.717) is 12.4 Å². The van der Waals surface area contributed by atoms with Crippen molar-refractivity contribution in [2.24, 2.45) is 5.92 Å². The average molecular weight is 457 g/mol. The fraction of sp³-hybridized carbons (Fsp3) is 0.500. The van der Waals surface area contributed by atoms with Crippen molar-refractivity contribution in [3.05, 3.63) is 65.2 Å². The molecular formula is C24H25F6NO. The molecule has 0 bridgehead atoms. The van der Waals surface area contributed by atoms with Crippen molar-refractivity contribution in [1.82, 2.24) is 4.90 Å². The lowest BCUT2D eigenvalue weighted by Gasteiger charge is -2.45. The first kappa shape index (κ1) is 23.0. The van der Waals surface area contributed by atoms with E-state index in [1.165, 1.54) is 24.3 Å². The van der Waals surface area contributed by atoms with Crippen LogP contribution in [-0.2, 0) is 17.8 Å². The van der Waals surface area contributed by atoms with Gasteiger partial charge in [0.15, 0.2) is 0 Å². The third kappa shape index (κ3) is 5.05. The summed E-state index contributed by atoms with van der Waals surface area (Å²) in [5.41, 5.74) is -0.475. The molecule has 1 atom stereocenters. The number of rotatable bonds is 6. The fourth-order valence-electron chi connectivity index (χ4n) is 4.73. The summed E-state index contributed by atoms with van der Waals surface area (Å²) in [6, 6.07) is 10.3. The third-order valence-electron chi connectivity index (χ3n) is 6.70. The number of hydrogen-bond donors (Lipinski definition) is 0. The number of hydrogen-bond acceptors (Lipinski definition) is 2. The maximum atomic E-state index is 12.9. The molecule has 1 heterocycles. The summed E-state index contributed by atoms with van der Waals surface area (Å²) in [4.78, 5) is 2.33. The van der Waals surface area contributed by atoms with E-state index < -0.39 is 23.5 Å². The summed E-state index contributed by atoms with van der Waals surface area (Å²) in [5.74, 6) is 0.679. The highest BCUT2D eigenvalue weighted by Crippen LogP contribution is 2.45. The molecule has 1 saturated heterocycles. The molecule has 1 aliphatic carbocycles. The van der Waals surface area contributed by atoms with Gasteiger partial charge in [0.1, 0.15) is 5.75 Å². The Kier molecular flexibility index (Phi) is 6.18. The SMILES string of the molecule is FC(F)(F)c1ccc(OC[C@H]2CCN(CC3(c4ccc(C(F)(F)F)cc4)CCC3)C2)cc1. The van der Waals surface area contributed by atoms with Crippen LogP contribution >= 0.6 is 0 Å². The van der Waals surface area contributed by atoms with E-state index in [1.54, 1.807) is 12.1 Å². The quantitative estimate of drug-likeness (QED) is 0.457.